The van der Waals surface area contributed by atoms with Gasteiger partial charge in [-0.1, -0.05) is 6.92 Å². The smallest absolute Gasteiger partial charge is 0.264 e. The third-order valence-corrected chi connectivity index (χ3v) is 7.25. The van der Waals surface area contributed by atoms with Crippen LogP contribution in [0.4, 0.5) is 11.4 Å². The summed E-state index contributed by atoms with van der Waals surface area (Å²) in [7, 11) is 2.17. The van der Waals surface area contributed by atoms with Crippen LogP contribution in [0.15, 0.2) is 46.3 Å². The number of rotatable bonds is 4. The fraction of sp³-hybridized carbons (Fsp3) is 0.385. The van der Waals surface area contributed by atoms with E-state index in [0.717, 1.165) is 23.4 Å². The average Bonchev–Trinajstić information content (AvgIpc) is 3.07. The first-order valence-corrected chi connectivity index (χ1v) is 11.9. The molecule has 168 valence electrons. The van der Waals surface area contributed by atoms with E-state index in [2.05, 4.69) is 62.1 Å². The summed E-state index contributed by atoms with van der Waals surface area (Å²) in [4.78, 5) is 20.2. The minimum Gasteiger partial charge on any atom is -0.494 e. The molecule has 1 fully saturated rings. The Hall–Kier alpha value is -2.73. The number of nitrogens with zero attached hydrogens (tertiary/aromatic N) is 2. The van der Waals surface area contributed by atoms with Crippen molar-refractivity contribution in [2.75, 3.05) is 18.6 Å². The lowest BCUT2D eigenvalue weighted by molar-refractivity contribution is -0.115. The molecule has 0 saturated carbocycles. The maximum atomic E-state index is 12.6. The average molecular weight is 450 g/mol. The number of thioether (sulfide) groups is 1. The van der Waals surface area contributed by atoms with Gasteiger partial charge in [0, 0.05) is 18.3 Å². The molecule has 1 atom stereocenters. The summed E-state index contributed by atoms with van der Waals surface area (Å²) in [5.74, 6) is 1.17. The highest BCUT2D eigenvalue weighted by atomic mass is 32.2. The largest absolute Gasteiger partial charge is 0.494 e. The lowest BCUT2D eigenvalue weighted by Crippen LogP contribution is -2.45. The molecular weight excluding hydrogens is 418 g/mol. The van der Waals surface area contributed by atoms with Gasteiger partial charge >= 0.3 is 0 Å². The minimum atomic E-state index is -0.108. The topological polar surface area (TPSA) is 53.9 Å². The van der Waals surface area contributed by atoms with E-state index < -0.39 is 0 Å². The Morgan fingerprint density at radius 2 is 2.00 bits per heavy atom. The molecule has 2 aliphatic heterocycles. The molecule has 0 bridgehead atoms. The molecule has 1 amide bonds. The molecule has 2 aliphatic rings. The van der Waals surface area contributed by atoms with E-state index >= 15 is 0 Å². The van der Waals surface area contributed by atoms with E-state index in [-0.39, 0.29) is 11.4 Å². The fourth-order valence-corrected chi connectivity index (χ4v) is 5.25. The number of aryl methyl sites for hydroxylation is 1. The summed E-state index contributed by atoms with van der Waals surface area (Å²) in [6.45, 7) is 11.6. The van der Waals surface area contributed by atoms with E-state index in [1.807, 2.05) is 37.3 Å². The second kappa shape index (κ2) is 8.66. The number of fused-ring (bicyclic) bond motifs is 1. The minimum absolute atomic E-state index is 0.108. The molecule has 2 aromatic carbocycles. The molecule has 0 aliphatic carbocycles. The number of benzene rings is 2. The SMILES string of the molecule is CCOc1ccc(N=C2NC(=O)/C(=C/c3cc4c(cc3C)N(C)C(C)(C)CC4C)S2)cc1. The van der Waals surface area contributed by atoms with Gasteiger partial charge in [-0.3, -0.25) is 4.79 Å². The molecule has 2 heterocycles. The van der Waals surface area contributed by atoms with Crippen molar-refractivity contribution in [3.05, 3.63) is 58.0 Å². The van der Waals surface area contributed by atoms with Gasteiger partial charge in [0.1, 0.15) is 5.75 Å². The van der Waals surface area contributed by atoms with Crippen molar-refractivity contribution in [3.63, 3.8) is 0 Å². The second-order valence-corrected chi connectivity index (χ2v) is 10.2. The highest BCUT2D eigenvalue weighted by molar-refractivity contribution is 8.18. The van der Waals surface area contributed by atoms with Crippen LogP contribution in [0.25, 0.3) is 6.08 Å². The zero-order valence-corrected chi connectivity index (χ0v) is 20.5. The van der Waals surface area contributed by atoms with E-state index in [4.69, 9.17) is 4.74 Å². The summed E-state index contributed by atoms with van der Waals surface area (Å²) in [6, 6.07) is 12.1. The van der Waals surface area contributed by atoms with Crippen LogP contribution in [0.5, 0.6) is 5.75 Å². The maximum Gasteiger partial charge on any atom is 0.264 e. The van der Waals surface area contributed by atoms with Crippen molar-refractivity contribution in [2.45, 2.75) is 52.5 Å². The number of anilines is 1. The standard InChI is InChI=1S/C26H31N3O2S/c1-7-31-20-10-8-19(9-11-20)27-25-28-24(30)23(32-25)14-18-13-21-17(3)15-26(4,5)29(6)22(21)12-16(18)2/h8-14,17H,7,15H2,1-6H3,(H,27,28,30)/b23-14-. The van der Waals surface area contributed by atoms with E-state index in [0.29, 0.717) is 22.6 Å². The van der Waals surface area contributed by atoms with E-state index in [9.17, 15) is 4.79 Å². The third kappa shape index (κ3) is 4.42. The molecule has 1 saturated heterocycles. The molecule has 1 N–H and O–H groups in total. The fourth-order valence-electron chi connectivity index (χ4n) is 4.41. The predicted molar refractivity (Wildman–Crippen MR) is 135 cm³/mol. The van der Waals surface area contributed by atoms with Gasteiger partial charge in [0.15, 0.2) is 5.17 Å². The number of hydrogen-bond donors (Lipinski definition) is 1. The third-order valence-electron chi connectivity index (χ3n) is 6.34. The van der Waals surface area contributed by atoms with Gasteiger partial charge in [0.05, 0.1) is 17.2 Å². The maximum absolute atomic E-state index is 12.6. The molecule has 2 aromatic rings. The number of aliphatic imine (C=N–C) groups is 1. The number of ether oxygens (including phenoxy) is 1. The van der Waals surface area contributed by atoms with Crippen LogP contribution < -0.4 is 15.0 Å². The molecule has 32 heavy (non-hydrogen) atoms. The van der Waals surface area contributed by atoms with E-state index in [1.54, 1.807) is 0 Å². The van der Waals surface area contributed by atoms with Crippen molar-refractivity contribution in [2.24, 2.45) is 4.99 Å². The van der Waals surface area contributed by atoms with Gasteiger partial charge < -0.3 is 15.0 Å². The Morgan fingerprint density at radius 1 is 1.28 bits per heavy atom. The van der Waals surface area contributed by atoms with Gasteiger partial charge in [-0.05, 0) is 111 Å². The number of amides is 1. The Labute approximate surface area is 194 Å². The summed E-state index contributed by atoms with van der Waals surface area (Å²) >= 11 is 1.38. The zero-order chi connectivity index (χ0) is 23.0. The molecule has 0 spiro atoms. The lowest BCUT2D eigenvalue weighted by Gasteiger charge is -2.45. The predicted octanol–water partition coefficient (Wildman–Crippen LogP) is 6.01. The first-order chi connectivity index (χ1) is 15.2. The van der Waals surface area contributed by atoms with Crippen LogP contribution >= 0.6 is 11.8 Å². The van der Waals surface area contributed by atoms with Crippen LogP contribution in [0, 0.1) is 6.92 Å². The van der Waals surface area contributed by atoms with Crippen LogP contribution in [-0.2, 0) is 4.79 Å². The van der Waals surface area contributed by atoms with Crippen LogP contribution in [0.3, 0.4) is 0 Å². The quantitative estimate of drug-likeness (QED) is 0.581. The van der Waals surface area contributed by atoms with Gasteiger partial charge in [0.25, 0.3) is 5.91 Å². The summed E-state index contributed by atoms with van der Waals surface area (Å²) in [5, 5.41) is 3.48. The summed E-state index contributed by atoms with van der Waals surface area (Å²) < 4.78 is 5.47. The van der Waals surface area contributed by atoms with Crippen LogP contribution in [0.1, 0.15) is 56.7 Å². The zero-order valence-electron chi connectivity index (χ0n) is 19.7. The molecule has 4 rings (SSSR count). The van der Waals surface area contributed by atoms with Crippen molar-refractivity contribution in [1.29, 1.82) is 0 Å². The van der Waals surface area contributed by atoms with Gasteiger partial charge in [-0.25, -0.2) is 4.99 Å². The normalized spacial score (nSPS) is 22.2. The van der Waals surface area contributed by atoms with Crippen LogP contribution in [-0.4, -0.2) is 30.3 Å². The number of amidine groups is 1. The first kappa shape index (κ1) is 22.5. The first-order valence-electron chi connectivity index (χ1n) is 11.1. The van der Waals surface area contributed by atoms with Gasteiger partial charge in [-0.15, -0.1) is 0 Å². The molecule has 5 nitrogen and oxygen atoms in total. The van der Waals surface area contributed by atoms with Crippen molar-refractivity contribution < 1.29 is 9.53 Å². The number of nitrogens with one attached hydrogen (secondary N) is 1. The highest BCUT2D eigenvalue weighted by Crippen LogP contribution is 2.44. The van der Waals surface area contributed by atoms with Crippen LogP contribution in [0.2, 0.25) is 0 Å². The summed E-state index contributed by atoms with van der Waals surface area (Å²) in [6.07, 6.45) is 3.09. The second-order valence-electron chi connectivity index (χ2n) is 9.15. The van der Waals surface area contributed by atoms with Crippen molar-refractivity contribution >= 4 is 40.3 Å². The lowest BCUT2D eigenvalue weighted by atomic mass is 9.79. The van der Waals surface area contributed by atoms with E-state index in [1.165, 1.54) is 28.6 Å². The Morgan fingerprint density at radius 3 is 2.69 bits per heavy atom. The molecule has 0 aromatic heterocycles. The highest BCUT2D eigenvalue weighted by Gasteiger charge is 2.34. The molecule has 0 radical (unpaired) electrons. The van der Waals surface area contributed by atoms with Crippen molar-refractivity contribution in [3.8, 4) is 5.75 Å². The molecule has 1 unspecified atom stereocenters. The summed E-state index contributed by atoms with van der Waals surface area (Å²) in [5.41, 5.74) is 5.79. The Balaban J connectivity index is 1.59. The monoisotopic (exact) mass is 449 g/mol. The van der Waals surface area contributed by atoms with Crippen molar-refractivity contribution in [1.82, 2.24) is 5.32 Å². The van der Waals surface area contributed by atoms with Gasteiger partial charge in [-0.2, -0.15) is 0 Å². The molecule has 6 heteroatoms. The molecular formula is C26H31N3O2S. The Kier molecular flexibility index (Phi) is 6.08. The van der Waals surface area contributed by atoms with Gasteiger partial charge in [0.2, 0.25) is 0 Å². The number of carbonyl (C=O) groups excluding carboxylic acids is 1. The number of carbonyl (C=O) groups is 1. The number of hydrogen-bond acceptors (Lipinski definition) is 5. The Bertz CT molecular complexity index is 1100.